The molecule has 0 aliphatic carbocycles. The number of halogens is 1. The van der Waals surface area contributed by atoms with E-state index in [0.29, 0.717) is 11.9 Å². The van der Waals surface area contributed by atoms with Crippen molar-refractivity contribution in [2.75, 3.05) is 12.4 Å². The lowest BCUT2D eigenvalue weighted by Crippen LogP contribution is -2.25. The molecule has 2 heterocycles. The fourth-order valence-corrected chi connectivity index (χ4v) is 3.47. The van der Waals surface area contributed by atoms with Crippen molar-refractivity contribution in [2.24, 2.45) is 4.99 Å². The van der Waals surface area contributed by atoms with Crippen LogP contribution in [0.2, 0.25) is 0 Å². The zero-order valence-corrected chi connectivity index (χ0v) is 10.9. The Labute approximate surface area is 110 Å². The molecule has 0 radical (unpaired) electrons. The quantitative estimate of drug-likeness (QED) is 0.780. The Morgan fingerprint density at radius 2 is 2.18 bits per heavy atom. The Bertz CT molecular complexity index is 470. The van der Waals surface area contributed by atoms with Crippen LogP contribution in [0.5, 0.6) is 0 Å². The predicted octanol–water partition coefficient (Wildman–Crippen LogP) is 3.10. The topological polar surface area (TPSA) is 15.6 Å². The van der Waals surface area contributed by atoms with E-state index in [-0.39, 0.29) is 0 Å². The normalized spacial score (nSPS) is 22.4. The molecule has 1 unspecified atom stereocenters. The molecule has 0 fully saturated rings. The molecule has 0 bridgehead atoms. The lowest BCUT2D eigenvalue weighted by atomic mass is 10.1. The second-order valence-electron chi connectivity index (χ2n) is 4.23. The van der Waals surface area contributed by atoms with Crippen LogP contribution in [0.4, 0.5) is 0 Å². The number of benzene rings is 1. The van der Waals surface area contributed by atoms with Crippen LogP contribution in [0.25, 0.3) is 0 Å². The van der Waals surface area contributed by atoms with Gasteiger partial charge in [0.25, 0.3) is 0 Å². The maximum Gasteiger partial charge on any atom is 0.168 e. The Kier molecular flexibility index (Phi) is 3.12. The molecular weight excluding hydrogens is 252 g/mol. The van der Waals surface area contributed by atoms with Gasteiger partial charge in [-0.25, -0.2) is 0 Å². The van der Waals surface area contributed by atoms with Crippen LogP contribution in [0.1, 0.15) is 5.56 Å². The molecule has 1 aromatic carbocycles. The molecule has 0 N–H and O–H groups in total. The number of hydrogen-bond donors (Lipinski definition) is 0. The second-order valence-corrected chi connectivity index (χ2v) is 5.33. The van der Waals surface area contributed by atoms with E-state index in [1.165, 1.54) is 11.3 Å². The third-order valence-corrected chi connectivity index (χ3v) is 4.22. The minimum absolute atomic E-state index is 0.367. The first-order valence-corrected chi connectivity index (χ1v) is 7.09. The molecule has 0 saturated carbocycles. The molecular formula is C13H13ClN2S. The van der Waals surface area contributed by atoms with Gasteiger partial charge in [0, 0.05) is 12.2 Å². The lowest BCUT2D eigenvalue weighted by molar-refractivity contribution is 0.511. The number of rotatable bonds is 3. The van der Waals surface area contributed by atoms with Gasteiger partial charge < -0.3 is 4.90 Å². The number of hydrogen-bond acceptors (Lipinski definition) is 3. The average molecular weight is 265 g/mol. The van der Waals surface area contributed by atoms with Gasteiger partial charge in [0.05, 0.1) is 11.9 Å². The standard InChI is InChI=1S/C13H13ClN2S/c14-7-12-9-17-13-15-11(8-16(12)13)6-10-4-2-1-3-5-10/h1-5,9,11H,6-8H2. The molecule has 4 heteroatoms. The van der Waals surface area contributed by atoms with E-state index < -0.39 is 0 Å². The van der Waals surface area contributed by atoms with E-state index in [2.05, 4.69) is 34.6 Å². The van der Waals surface area contributed by atoms with Crippen LogP contribution < -0.4 is 0 Å². The highest BCUT2D eigenvalue weighted by atomic mass is 35.5. The van der Waals surface area contributed by atoms with Crippen molar-refractivity contribution < 1.29 is 0 Å². The summed E-state index contributed by atoms with van der Waals surface area (Å²) < 4.78 is 0. The van der Waals surface area contributed by atoms with Crippen molar-refractivity contribution in [3.63, 3.8) is 0 Å². The summed E-state index contributed by atoms with van der Waals surface area (Å²) in [5, 5.41) is 3.21. The largest absolute Gasteiger partial charge is 0.321 e. The number of allylic oxidation sites excluding steroid dienone is 1. The van der Waals surface area contributed by atoms with Crippen LogP contribution in [0.15, 0.2) is 46.4 Å². The molecule has 2 aliphatic heterocycles. The molecule has 0 aromatic heterocycles. The van der Waals surface area contributed by atoms with E-state index in [9.17, 15) is 0 Å². The molecule has 2 nitrogen and oxygen atoms in total. The van der Waals surface area contributed by atoms with Gasteiger partial charge in [-0.3, -0.25) is 4.99 Å². The number of alkyl halides is 1. The van der Waals surface area contributed by atoms with Crippen molar-refractivity contribution >= 4 is 28.5 Å². The van der Waals surface area contributed by atoms with Gasteiger partial charge in [-0.1, -0.05) is 42.1 Å². The summed E-state index contributed by atoms with van der Waals surface area (Å²) in [6, 6.07) is 10.9. The zero-order chi connectivity index (χ0) is 11.7. The number of fused-ring (bicyclic) bond motifs is 1. The number of thioether (sulfide) groups is 1. The first-order chi connectivity index (χ1) is 8.36. The van der Waals surface area contributed by atoms with E-state index >= 15 is 0 Å². The molecule has 1 atom stereocenters. The molecule has 0 amide bonds. The third kappa shape index (κ3) is 2.22. The fraction of sp³-hybridized carbons (Fsp3) is 0.308. The van der Waals surface area contributed by atoms with Gasteiger partial charge in [0.1, 0.15) is 0 Å². The molecule has 2 aliphatic rings. The van der Waals surface area contributed by atoms with Gasteiger partial charge in [-0.05, 0) is 17.4 Å². The van der Waals surface area contributed by atoms with Crippen molar-refractivity contribution in [2.45, 2.75) is 12.5 Å². The highest BCUT2D eigenvalue weighted by Crippen LogP contribution is 2.32. The molecule has 0 saturated heterocycles. The van der Waals surface area contributed by atoms with Crippen LogP contribution in [-0.4, -0.2) is 28.5 Å². The minimum atomic E-state index is 0.367. The van der Waals surface area contributed by atoms with Crippen molar-refractivity contribution in [3.8, 4) is 0 Å². The Hall–Kier alpha value is -0.930. The third-order valence-electron chi connectivity index (χ3n) is 3.02. The summed E-state index contributed by atoms with van der Waals surface area (Å²) in [5.41, 5.74) is 2.54. The summed E-state index contributed by atoms with van der Waals surface area (Å²) >= 11 is 7.59. The summed E-state index contributed by atoms with van der Waals surface area (Å²) in [5.74, 6) is 0.573. The average Bonchev–Trinajstić information content (AvgIpc) is 2.89. The minimum Gasteiger partial charge on any atom is -0.321 e. The Morgan fingerprint density at radius 3 is 2.94 bits per heavy atom. The molecule has 17 heavy (non-hydrogen) atoms. The van der Waals surface area contributed by atoms with E-state index in [0.717, 1.165) is 18.1 Å². The van der Waals surface area contributed by atoms with Crippen LogP contribution in [0.3, 0.4) is 0 Å². The monoisotopic (exact) mass is 264 g/mol. The van der Waals surface area contributed by atoms with E-state index in [1.54, 1.807) is 11.8 Å². The molecule has 0 spiro atoms. The molecule has 88 valence electrons. The number of aliphatic imine (C=N–C) groups is 1. The maximum absolute atomic E-state index is 5.90. The van der Waals surface area contributed by atoms with Gasteiger partial charge in [-0.15, -0.1) is 11.6 Å². The highest BCUT2D eigenvalue weighted by Gasteiger charge is 2.31. The molecule has 3 rings (SSSR count). The molecule has 1 aromatic rings. The fourth-order valence-electron chi connectivity index (χ4n) is 2.17. The summed E-state index contributed by atoms with van der Waals surface area (Å²) in [7, 11) is 0. The van der Waals surface area contributed by atoms with Crippen molar-refractivity contribution in [3.05, 3.63) is 47.0 Å². The SMILES string of the molecule is ClCC1=CSC2=NC(Cc3ccccc3)CN12. The Morgan fingerprint density at radius 1 is 1.35 bits per heavy atom. The van der Waals surface area contributed by atoms with Gasteiger partial charge in [-0.2, -0.15) is 0 Å². The van der Waals surface area contributed by atoms with Crippen molar-refractivity contribution in [1.29, 1.82) is 0 Å². The first-order valence-electron chi connectivity index (χ1n) is 5.68. The summed E-state index contributed by atoms with van der Waals surface area (Å²) in [6.07, 6.45) is 1.01. The van der Waals surface area contributed by atoms with E-state index in [1.807, 2.05) is 6.07 Å². The van der Waals surface area contributed by atoms with Crippen molar-refractivity contribution in [1.82, 2.24) is 4.90 Å². The van der Waals surface area contributed by atoms with E-state index in [4.69, 9.17) is 16.6 Å². The maximum atomic E-state index is 5.90. The smallest absolute Gasteiger partial charge is 0.168 e. The Balaban J connectivity index is 1.68. The predicted molar refractivity (Wildman–Crippen MR) is 74.5 cm³/mol. The van der Waals surface area contributed by atoms with Gasteiger partial charge in [0.2, 0.25) is 0 Å². The van der Waals surface area contributed by atoms with Crippen LogP contribution in [0, 0.1) is 0 Å². The van der Waals surface area contributed by atoms with Gasteiger partial charge in [0.15, 0.2) is 5.17 Å². The lowest BCUT2D eigenvalue weighted by Gasteiger charge is -2.16. The number of nitrogens with zero attached hydrogens (tertiary/aromatic N) is 2. The summed E-state index contributed by atoms with van der Waals surface area (Å²) in [6.45, 7) is 0.968. The van der Waals surface area contributed by atoms with Crippen LogP contribution in [-0.2, 0) is 6.42 Å². The zero-order valence-electron chi connectivity index (χ0n) is 9.34. The van der Waals surface area contributed by atoms with Crippen LogP contribution >= 0.6 is 23.4 Å². The highest BCUT2D eigenvalue weighted by molar-refractivity contribution is 8.16. The second kappa shape index (κ2) is 4.75. The number of amidine groups is 1. The first kappa shape index (κ1) is 11.2. The van der Waals surface area contributed by atoms with Gasteiger partial charge >= 0.3 is 0 Å². The summed E-state index contributed by atoms with van der Waals surface area (Å²) in [4.78, 5) is 6.98.